The number of hydrogen-bond acceptors (Lipinski definition) is 3. The van der Waals surface area contributed by atoms with E-state index < -0.39 is 13.9 Å². The number of carbonyl (C=O) groups excluding carboxylic acids is 1. The Morgan fingerprint density at radius 1 is 1.15 bits per heavy atom. The molecule has 0 bridgehead atoms. The van der Waals surface area contributed by atoms with Crippen molar-refractivity contribution in [3.63, 3.8) is 0 Å². The summed E-state index contributed by atoms with van der Waals surface area (Å²) in [6.07, 6.45) is 8.64. The van der Waals surface area contributed by atoms with Crippen LogP contribution in [0.25, 0.3) is 0 Å². The van der Waals surface area contributed by atoms with E-state index in [1.165, 1.54) is 0 Å². The van der Waals surface area contributed by atoms with Gasteiger partial charge in [0.05, 0.1) is 6.10 Å². The lowest BCUT2D eigenvalue weighted by Gasteiger charge is -2.55. The molecule has 0 aromatic rings. The highest BCUT2D eigenvalue weighted by molar-refractivity contribution is 6.77. The van der Waals surface area contributed by atoms with E-state index in [4.69, 9.17) is 9.16 Å². The van der Waals surface area contributed by atoms with Crippen LogP contribution in [0.3, 0.4) is 0 Å². The summed E-state index contributed by atoms with van der Waals surface area (Å²) >= 11 is 0. The van der Waals surface area contributed by atoms with Gasteiger partial charge in [0.1, 0.15) is 5.60 Å². The van der Waals surface area contributed by atoms with Gasteiger partial charge in [0.25, 0.3) is 0 Å². The Hall–Kier alpha value is -0.713. The van der Waals surface area contributed by atoms with Gasteiger partial charge in [-0.25, -0.2) is 0 Å². The van der Waals surface area contributed by atoms with Crippen LogP contribution in [0.2, 0.25) is 16.6 Å². The van der Waals surface area contributed by atoms with Crippen molar-refractivity contribution in [1.82, 2.24) is 0 Å². The Bertz CT molecular complexity index is 612. The zero-order chi connectivity index (χ0) is 19.3. The second kappa shape index (κ2) is 6.71. The number of carbonyl (C=O) groups is 1. The second-order valence-electron chi connectivity index (χ2n) is 9.62. The SMILES string of the molecule is CC(C)[Si](OC1CCC2=CC(=O)C=C[C@]23OCC[C@]13C)(C(C)C)C(C)C. The van der Waals surface area contributed by atoms with Crippen LogP contribution < -0.4 is 0 Å². The van der Waals surface area contributed by atoms with Crippen LogP contribution in [0.1, 0.15) is 67.7 Å². The average molecular weight is 377 g/mol. The van der Waals surface area contributed by atoms with E-state index in [1.807, 2.05) is 12.2 Å². The van der Waals surface area contributed by atoms with E-state index in [1.54, 1.807) is 6.08 Å². The van der Waals surface area contributed by atoms with E-state index in [0.717, 1.165) is 31.4 Å². The topological polar surface area (TPSA) is 35.5 Å². The molecular weight excluding hydrogens is 340 g/mol. The fourth-order valence-corrected chi connectivity index (χ4v) is 11.9. The molecule has 1 spiro atoms. The lowest BCUT2D eigenvalue weighted by Crippen LogP contribution is -2.60. The Balaban J connectivity index is 2.01. The van der Waals surface area contributed by atoms with Gasteiger partial charge in [-0.3, -0.25) is 4.79 Å². The minimum atomic E-state index is -1.96. The third kappa shape index (κ3) is 2.63. The van der Waals surface area contributed by atoms with Crippen molar-refractivity contribution in [2.45, 2.75) is 96.1 Å². The van der Waals surface area contributed by atoms with Crippen molar-refractivity contribution in [2.75, 3.05) is 6.61 Å². The normalized spacial score (nSPS) is 34.5. The third-order valence-corrected chi connectivity index (χ3v) is 13.6. The number of allylic oxidation sites excluding steroid dienone is 2. The highest BCUT2D eigenvalue weighted by atomic mass is 28.4. The molecule has 3 aliphatic rings. The van der Waals surface area contributed by atoms with Crippen LogP contribution in [-0.4, -0.2) is 32.4 Å². The molecule has 1 unspecified atom stereocenters. The first-order chi connectivity index (χ1) is 12.1. The lowest BCUT2D eigenvalue weighted by molar-refractivity contribution is -0.112. The molecule has 3 nitrogen and oxygen atoms in total. The molecule has 26 heavy (non-hydrogen) atoms. The molecule has 0 aromatic carbocycles. The average Bonchev–Trinajstić information content (AvgIpc) is 2.89. The van der Waals surface area contributed by atoms with Crippen LogP contribution in [0.4, 0.5) is 0 Å². The molecule has 0 aromatic heterocycles. The molecule has 2 fully saturated rings. The van der Waals surface area contributed by atoms with E-state index in [2.05, 4.69) is 48.5 Å². The predicted octanol–water partition coefficient (Wildman–Crippen LogP) is 5.57. The molecule has 0 N–H and O–H groups in total. The van der Waals surface area contributed by atoms with Gasteiger partial charge in [0.2, 0.25) is 8.32 Å². The molecule has 1 heterocycles. The van der Waals surface area contributed by atoms with Gasteiger partial charge in [-0.15, -0.1) is 0 Å². The number of hydrogen-bond donors (Lipinski definition) is 0. The quantitative estimate of drug-likeness (QED) is 0.588. The molecule has 146 valence electrons. The maximum absolute atomic E-state index is 11.9. The highest BCUT2D eigenvalue weighted by Gasteiger charge is 2.63. The Labute approximate surface area is 160 Å². The predicted molar refractivity (Wildman–Crippen MR) is 109 cm³/mol. The fourth-order valence-electron chi connectivity index (χ4n) is 6.21. The molecule has 1 saturated heterocycles. The Morgan fingerprint density at radius 3 is 2.35 bits per heavy atom. The van der Waals surface area contributed by atoms with Crippen LogP contribution in [0, 0.1) is 5.41 Å². The molecule has 1 saturated carbocycles. The van der Waals surface area contributed by atoms with Crippen LogP contribution in [0.15, 0.2) is 23.8 Å². The number of ketones is 1. The summed E-state index contributed by atoms with van der Waals surface area (Å²) in [5, 5.41) is 0. The summed E-state index contributed by atoms with van der Waals surface area (Å²) < 4.78 is 13.6. The molecule has 4 heteroatoms. The summed E-state index contributed by atoms with van der Waals surface area (Å²) in [6, 6.07) is 0. The maximum atomic E-state index is 11.9. The first-order valence-electron chi connectivity index (χ1n) is 10.4. The number of rotatable bonds is 5. The molecule has 0 amide bonds. The van der Waals surface area contributed by atoms with E-state index in [0.29, 0.717) is 16.6 Å². The standard InChI is InChI=1S/C22H36O3Si/c1-15(2)26(16(3)4,17(5)6)25-20-9-8-18-14-19(23)10-11-22(18)21(20,7)12-13-24-22/h10-11,14-17,20H,8-9,12-13H2,1-7H3/t20?,21-,22+/m1/s1. The van der Waals surface area contributed by atoms with E-state index in [-0.39, 0.29) is 17.3 Å². The zero-order valence-corrected chi connectivity index (χ0v) is 18.6. The first-order valence-corrected chi connectivity index (χ1v) is 12.5. The molecule has 3 atom stereocenters. The second-order valence-corrected chi connectivity index (χ2v) is 15.0. The van der Waals surface area contributed by atoms with Crippen LogP contribution >= 0.6 is 0 Å². The Kier molecular flexibility index (Phi) is 5.17. The summed E-state index contributed by atoms with van der Waals surface area (Å²) in [4.78, 5) is 11.9. The summed E-state index contributed by atoms with van der Waals surface area (Å²) in [5.41, 5.74) is 2.36. The van der Waals surface area contributed by atoms with E-state index in [9.17, 15) is 4.79 Å². The van der Waals surface area contributed by atoms with Gasteiger partial charge in [0.15, 0.2) is 5.78 Å². The molecule has 3 rings (SSSR count). The van der Waals surface area contributed by atoms with Gasteiger partial charge in [-0.1, -0.05) is 48.5 Å². The van der Waals surface area contributed by atoms with E-state index >= 15 is 0 Å². The van der Waals surface area contributed by atoms with Gasteiger partial charge in [0, 0.05) is 12.0 Å². The minimum absolute atomic E-state index is 0.0921. The Morgan fingerprint density at radius 2 is 1.77 bits per heavy atom. The van der Waals surface area contributed by atoms with Gasteiger partial charge >= 0.3 is 0 Å². The van der Waals surface area contributed by atoms with Gasteiger partial charge < -0.3 is 9.16 Å². The number of ether oxygens (including phenoxy) is 1. The van der Waals surface area contributed by atoms with Crippen molar-refractivity contribution in [3.8, 4) is 0 Å². The maximum Gasteiger partial charge on any atom is 0.200 e. The molecular formula is C22H36O3Si. The van der Waals surface area contributed by atoms with Crippen molar-refractivity contribution < 1.29 is 14.0 Å². The first kappa shape index (κ1) is 20.0. The minimum Gasteiger partial charge on any atom is -0.412 e. The monoisotopic (exact) mass is 376 g/mol. The third-order valence-electron chi connectivity index (χ3n) is 7.52. The van der Waals surface area contributed by atoms with Crippen molar-refractivity contribution in [1.29, 1.82) is 0 Å². The van der Waals surface area contributed by atoms with Crippen molar-refractivity contribution >= 4 is 14.1 Å². The van der Waals surface area contributed by atoms with Crippen molar-refractivity contribution in [2.24, 2.45) is 5.41 Å². The van der Waals surface area contributed by atoms with Gasteiger partial charge in [-0.2, -0.15) is 0 Å². The lowest BCUT2D eigenvalue weighted by atomic mass is 9.59. The smallest absolute Gasteiger partial charge is 0.200 e. The van der Waals surface area contributed by atoms with Crippen LogP contribution in [0.5, 0.6) is 0 Å². The highest BCUT2D eigenvalue weighted by Crippen LogP contribution is 2.59. The van der Waals surface area contributed by atoms with Gasteiger partial charge in [-0.05, 0) is 59.7 Å². The fraction of sp³-hybridized carbons (Fsp3) is 0.773. The molecule has 1 aliphatic heterocycles. The summed E-state index contributed by atoms with van der Waals surface area (Å²) in [5.74, 6) is 0.0955. The largest absolute Gasteiger partial charge is 0.412 e. The summed E-state index contributed by atoms with van der Waals surface area (Å²) in [7, 11) is -1.96. The summed E-state index contributed by atoms with van der Waals surface area (Å²) in [6.45, 7) is 17.2. The van der Waals surface area contributed by atoms with Crippen LogP contribution in [-0.2, 0) is 14.0 Å². The zero-order valence-electron chi connectivity index (χ0n) is 17.6. The molecule has 2 aliphatic carbocycles. The van der Waals surface area contributed by atoms with Crippen molar-refractivity contribution in [3.05, 3.63) is 23.8 Å². The molecule has 0 radical (unpaired) electrons.